The van der Waals surface area contributed by atoms with Gasteiger partial charge in [0.2, 0.25) is 0 Å². The van der Waals surface area contributed by atoms with E-state index in [9.17, 15) is 0 Å². The molecule has 1 aliphatic rings. The number of nitrogens with one attached hydrogen (secondary N) is 1. The molecule has 2 atom stereocenters. The van der Waals surface area contributed by atoms with Gasteiger partial charge in [0.25, 0.3) is 0 Å². The monoisotopic (exact) mass is 195 g/mol. The highest BCUT2D eigenvalue weighted by Gasteiger charge is 2.37. The van der Waals surface area contributed by atoms with Gasteiger partial charge in [0.15, 0.2) is 0 Å². The van der Waals surface area contributed by atoms with E-state index in [0.717, 1.165) is 23.4 Å². The Morgan fingerprint density at radius 1 is 1.54 bits per heavy atom. The van der Waals surface area contributed by atoms with Crippen molar-refractivity contribution in [2.24, 2.45) is 5.92 Å². The van der Waals surface area contributed by atoms with Gasteiger partial charge in [-0.15, -0.1) is 0 Å². The van der Waals surface area contributed by atoms with Gasteiger partial charge in [-0.3, -0.25) is 0 Å². The first kappa shape index (κ1) is 9.04. The average Bonchev–Trinajstić information content (AvgIpc) is 2.85. The normalized spacial score (nSPS) is 26.0. The van der Waals surface area contributed by atoms with E-state index >= 15 is 0 Å². The van der Waals surface area contributed by atoms with E-state index in [1.54, 1.807) is 0 Å². The van der Waals surface area contributed by atoms with Gasteiger partial charge in [-0.2, -0.15) is 0 Å². The van der Waals surface area contributed by atoms with E-state index in [4.69, 9.17) is 11.6 Å². The molecule has 1 aliphatic carbocycles. The van der Waals surface area contributed by atoms with Gasteiger partial charge in [-0.05, 0) is 49.5 Å². The van der Waals surface area contributed by atoms with Crippen LogP contribution in [0.15, 0.2) is 24.3 Å². The van der Waals surface area contributed by atoms with Gasteiger partial charge in [-0.1, -0.05) is 23.7 Å². The molecular weight excluding hydrogens is 182 g/mol. The van der Waals surface area contributed by atoms with Crippen LogP contribution in [-0.4, -0.2) is 13.6 Å². The predicted octanol–water partition coefficient (Wildman–Crippen LogP) is 2.66. The second-order valence-electron chi connectivity index (χ2n) is 3.71. The molecule has 1 aromatic rings. The maximum absolute atomic E-state index is 5.93. The van der Waals surface area contributed by atoms with Crippen molar-refractivity contribution in [1.82, 2.24) is 5.32 Å². The van der Waals surface area contributed by atoms with Crippen LogP contribution in [0.2, 0.25) is 5.02 Å². The fourth-order valence-electron chi connectivity index (χ4n) is 1.88. The Labute approximate surface area is 84.1 Å². The van der Waals surface area contributed by atoms with Crippen LogP contribution >= 0.6 is 11.6 Å². The number of benzene rings is 1. The molecule has 0 amide bonds. The van der Waals surface area contributed by atoms with Gasteiger partial charge < -0.3 is 5.32 Å². The third kappa shape index (κ3) is 2.04. The van der Waals surface area contributed by atoms with Gasteiger partial charge in [0.05, 0.1) is 0 Å². The number of halogens is 1. The Hall–Kier alpha value is -0.530. The summed E-state index contributed by atoms with van der Waals surface area (Å²) in [6.45, 7) is 1.12. The maximum Gasteiger partial charge on any atom is 0.0408 e. The SMILES string of the molecule is CNC[C@H]1C[C@@H]1c1cccc(Cl)c1. The van der Waals surface area contributed by atoms with Crippen LogP contribution in [0.4, 0.5) is 0 Å². The lowest BCUT2D eigenvalue weighted by atomic mass is 10.1. The molecule has 0 heterocycles. The third-order valence-corrected chi connectivity index (χ3v) is 2.90. The first-order chi connectivity index (χ1) is 6.31. The molecule has 1 N–H and O–H groups in total. The zero-order valence-corrected chi connectivity index (χ0v) is 8.51. The zero-order chi connectivity index (χ0) is 9.26. The highest BCUT2D eigenvalue weighted by atomic mass is 35.5. The van der Waals surface area contributed by atoms with Crippen LogP contribution < -0.4 is 5.32 Å². The summed E-state index contributed by atoms with van der Waals surface area (Å²) in [4.78, 5) is 0. The topological polar surface area (TPSA) is 12.0 Å². The second kappa shape index (κ2) is 3.69. The smallest absolute Gasteiger partial charge is 0.0408 e. The fraction of sp³-hybridized carbons (Fsp3) is 0.455. The molecule has 2 rings (SSSR count). The van der Waals surface area contributed by atoms with E-state index in [2.05, 4.69) is 17.4 Å². The van der Waals surface area contributed by atoms with E-state index in [-0.39, 0.29) is 0 Å². The molecule has 0 aliphatic heterocycles. The van der Waals surface area contributed by atoms with Crippen molar-refractivity contribution in [3.63, 3.8) is 0 Å². The van der Waals surface area contributed by atoms with Crippen LogP contribution in [0, 0.1) is 5.92 Å². The number of rotatable bonds is 3. The van der Waals surface area contributed by atoms with Crippen LogP contribution in [0.5, 0.6) is 0 Å². The van der Waals surface area contributed by atoms with Crippen LogP contribution in [0.1, 0.15) is 17.9 Å². The van der Waals surface area contributed by atoms with Crippen molar-refractivity contribution in [2.75, 3.05) is 13.6 Å². The molecule has 1 fully saturated rings. The Bertz CT molecular complexity index is 298. The van der Waals surface area contributed by atoms with Crippen molar-refractivity contribution in [3.8, 4) is 0 Å². The largest absolute Gasteiger partial charge is 0.319 e. The van der Waals surface area contributed by atoms with Crippen molar-refractivity contribution < 1.29 is 0 Å². The average molecular weight is 196 g/mol. The van der Waals surface area contributed by atoms with Crippen molar-refractivity contribution in [3.05, 3.63) is 34.9 Å². The molecule has 13 heavy (non-hydrogen) atoms. The lowest BCUT2D eigenvalue weighted by molar-refractivity contribution is 0.698. The molecule has 0 saturated heterocycles. The van der Waals surface area contributed by atoms with Gasteiger partial charge >= 0.3 is 0 Å². The molecule has 0 spiro atoms. The third-order valence-electron chi connectivity index (χ3n) is 2.67. The minimum Gasteiger partial charge on any atom is -0.319 e. The molecule has 1 saturated carbocycles. The lowest BCUT2D eigenvalue weighted by Crippen LogP contribution is -2.10. The summed E-state index contributed by atoms with van der Waals surface area (Å²) in [7, 11) is 2.01. The van der Waals surface area contributed by atoms with Gasteiger partial charge in [0.1, 0.15) is 0 Å². The Balaban J connectivity index is 2.03. The molecule has 0 aromatic heterocycles. The first-order valence-electron chi connectivity index (χ1n) is 4.71. The molecular formula is C11H14ClN. The predicted molar refractivity (Wildman–Crippen MR) is 56.2 cm³/mol. The highest BCUT2D eigenvalue weighted by Crippen LogP contribution is 2.47. The van der Waals surface area contributed by atoms with Crippen molar-refractivity contribution >= 4 is 11.6 Å². The van der Waals surface area contributed by atoms with E-state index < -0.39 is 0 Å². The number of hydrogen-bond acceptors (Lipinski definition) is 1. The quantitative estimate of drug-likeness (QED) is 0.782. The molecule has 0 radical (unpaired) electrons. The van der Waals surface area contributed by atoms with E-state index in [0.29, 0.717) is 0 Å². The second-order valence-corrected chi connectivity index (χ2v) is 4.15. The summed E-state index contributed by atoms with van der Waals surface area (Å²) in [6, 6.07) is 8.22. The minimum absolute atomic E-state index is 0.742. The maximum atomic E-state index is 5.93. The molecule has 0 unspecified atom stereocenters. The van der Waals surface area contributed by atoms with Crippen LogP contribution in [0.25, 0.3) is 0 Å². The molecule has 2 heteroatoms. The summed E-state index contributed by atoms with van der Waals surface area (Å²) in [6.07, 6.45) is 1.31. The van der Waals surface area contributed by atoms with Gasteiger partial charge in [-0.25, -0.2) is 0 Å². The summed E-state index contributed by atoms with van der Waals surface area (Å²) >= 11 is 5.93. The number of hydrogen-bond donors (Lipinski definition) is 1. The molecule has 0 bridgehead atoms. The summed E-state index contributed by atoms with van der Waals surface area (Å²) in [5.41, 5.74) is 1.40. The van der Waals surface area contributed by atoms with Crippen LogP contribution in [-0.2, 0) is 0 Å². The summed E-state index contributed by atoms with van der Waals surface area (Å²) < 4.78 is 0. The van der Waals surface area contributed by atoms with E-state index in [1.165, 1.54) is 12.0 Å². The van der Waals surface area contributed by atoms with Crippen molar-refractivity contribution in [2.45, 2.75) is 12.3 Å². The minimum atomic E-state index is 0.742. The lowest BCUT2D eigenvalue weighted by Gasteiger charge is -2.00. The first-order valence-corrected chi connectivity index (χ1v) is 5.09. The standard InChI is InChI=1S/C11H14ClN/c1-13-7-9-6-11(9)8-3-2-4-10(12)5-8/h2-5,9,11,13H,6-7H2,1H3/t9-,11-/m1/s1. The van der Waals surface area contributed by atoms with Crippen molar-refractivity contribution in [1.29, 1.82) is 0 Å². The Morgan fingerprint density at radius 2 is 2.38 bits per heavy atom. The van der Waals surface area contributed by atoms with Crippen LogP contribution in [0.3, 0.4) is 0 Å². The summed E-state index contributed by atoms with van der Waals surface area (Å²) in [5, 5.41) is 4.07. The summed E-state index contributed by atoms with van der Waals surface area (Å²) in [5.74, 6) is 1.56. The molecule has 1 nitrogen and oxygen atoms in total. The Kier molecular flexibility index (Phi) is 2.56. The Morgan fingerprint density at radius 3 is 3.08 bits per heavy atom. The van der Waals surface area contributed by atoms with E-state index in [1.807, 2.05) is 19.2 Å². The van der Waals surface area contributed by atoms with Gasteiger partial charge in [0, 0.05) is 5.02 Å². The molecule has 70 valence electrons. The molecule has 1 aromatic carbocycles. The zero-order valence-electron chi connectivity index (χ0n) is 7.76. The fourth-order valence-corrected chi connectivity index (χ4v) is 2.08. The highest BCUT2D eigenvalue weighted by molar-refractivity contribution is 6.30.